The SMILES string of the molecule is CC.COc1ccc(CCOS(C)(=O)=O)cc1OC. The van der Waals surface area contributed by atoms with E-state index < -0.39 is 10.1 Å². The molecule has 0 amide bonds. The molecule has 0 unspecified atom stereocenters. The summed E-state index contributed by atoms with van der Waals surface area (Å²) in [5.41, 5.74) is 0.923. The molecule has 0 aromatic heterocycles. The van der Waals surface area contributed by atoms with Gasteiger partial charge in [-0.25, -0.2) is 0 Å². The van der Waals surface area contributed by atoms with E-state index in [1.54, 1.807) is 26.4 Å². The summed E-state index contributed by atoms with van der Waals surface area (Å²) in [5.74, 6) is 1.25. The molecule has 0 saturated carbocycles. The summed E-state index contributed by atoms with van der Waals surface area (Å²) < 4.78 is 36.5. The third kappa shape index (κ3) is 7.03. The fourth-order valence-corrected chi connectivity index (χ4v) is 1.73. The Morgan fingerprint density at radius 1 is 1.05 bits per heavy atom. The minimum absolute atomic E-state index is 0.119. The summed E-state index contributed by atoms with van der Waals surface area (Å²) in [5, 5.41) is 0. The lowest BCUT2D eigenvalue weighted by atomic mass is 10.1. The molecule has 19 heavy (non-hydrogen) atoms. The Labute approximate surface area is 115 Å². The molecule has 0 fully saturated rings. The van der Waals surface area contributed by atoms with Crippen LogP contribution in [0.15, 0.2) is 18.2 Å². The molecule has 0 N–H and O–H groups in total. The van der Waals surface area contributed by atoms with E-state index in [2.05, 4.69) is 4.18 Å². The van der Waals surface area contributed by atoms with Gasteiger partial charge in [-0.05, 0) is 24.1 Å². The average Bonchev–Trinajstić information content (AvgIpc) is 2.39. The molecule has 1 aromatic rings. The maximum absolute atomic E-state index is 10.8. The quantitative estimate of drug-likeness (QED) is 0.752. The fraction of sp³-hybridized carbons (Fsp3) is 0.538. The number of hydrogen-bond acceptors (Lipinski definition) is 5. The van der Waals surface area contributed by atoms with Crippen LogP contribution in [0.4, 0.5) is 0 Å². The minimum atomic E-state index is -3.38. The molecule has 0 radical (unpaired) electrons. The highest BCUT2D eigenvalue weighted by Crippen LogP contribution is 2.27. The predicted octanol–water partition coefficient (Wildman–Crippen LogP) is 2.25. The maximum atomic E-state index is 10.8. The van der Waals surface area contributed by atoms with Gasteiger partial charge in [0.2, 0.25) is 0 Å². The Balaban J connectivity index is 0.00000154. The standard InChI is InChI=1S/C11H16O5S.C2H6/c1-14-10-5-4-9(8-11(10)15-2)6-7-16-17(3,12)13;1-2/h4-5,8H,6-7H2,1-3H3;1-2H3. The molecule has 0 aliphatic rings. The van der Waals surface area contributed by atoms with Crippen molar-refractivity contribution < 1.29 is 22.1 Å². The predicted molar refractivity (Wildman–Crippen MR) is 75.4 cm³/mol. The van der Waals surface area contributed by atoms with Gasteiger partial charge in [0, 0.05) is 0 Å². The van der Waals surface area contributed by atoms with Gasteiger partial charge in [0.15, 0.2) is 11.5 Å². The lowest BCUT2D eigenvalue weighted by molar-refractivity contribution is 0.325. The molecule has 6 heteroatoms. The Bertz CT molecular complexity index is 468. The molecular formula is C13H22O5S. The lowest BCUT2D eigenvalue weighted by Crippen LogP contribution is -2.06. The first-order chi connectivity index (χ1) is 8.96. The van der Waals surface area contributed by atoms with Crippen LogP contribution in [0, 0.1) is 0 Å². The average molecular weight is 290 g/mol. The van der Waals surface area contributed by atoms with Crippen molar-refractivity contribution >= 4 is 10.1 Å². The molecular weight excluding hydrogens is 268 g/mol. The number of hydrogen-bond donors (Lipinski definition) is 0. The van der Waals surface area contributed by atoms with Gasteiger partial charge in [0.25, 0.3) is 10.1 Å². The van der Waals surface area contributed by atoms with Crippen LogP contribution in [0.1, 0.15) is 19.4 Å². The van der Waals surface area contributed by atoms with Crippen LogP contribution >= 0.6 is 0 Å². The van der Waals surface area contributed by atoms with Crippen molar-refractivity contribution in [3.8, 4) is 11.5 Å². The van der Waals surface area contributed by atoms with E-state index in [4.69, 9.17) is 9.47 Å². The third-order valence-corrected chi connectivity index (χ3v) is 2.73. The van der Waals surface area contributed by atoms with Gasteiger partial charge in [0.05, 0.1) is 27.1 Å². The van der Waals surface area contributed by atoms with Crippen molar-refractivity contribution in [2.45, 2.75) is 20.3 Å². The zero-order valence-electron chi connectivity index (χ0n) is 12.1. The maximum Gasteiger partial charge on any atom is 0.264 e. The second-order valence-electron chi connectivity index (χ2n) is 3.47. The van der Waals surface area contributed by atoms with Gasteiger partial charge < -0.3 is 9.47 Å². The van der Waals surface area contributed by atoms with Crippen molar-refractivity contribution in [2.75, 3.05) is 27.1 Å². The van der Waals surface area contributed by atoms with Crippen molar-refractivity contribution in [2.24, 2.45) is 0 Å². The monoisotopic (exact) mass is 290 g/mol. The highest BCUT2D eigenvalue weighted by atomic mass is 32.2. The van der Waals surface area contributed by atoms with Crippen LogP contribution < -0.4 is 9.47 Å². The smallest absolute Gasteiger partial charge is 0.264 e. The molecule has 1 aromatic carbocycles. The van der Waals surface area contributed by atoms with Crippen LogP contribution in [0.25, 0.3) is 0 Å². The van der Waals surface area contributed by atoms with Crippen molar-refractivity contribution in [1.82, 2.24) is 0 Å². The molecule has 0 bridgehead atoms. The number of ether oxygens (including phenoxy) is 2. The van der Waals surface area contributed by atoms with Gasteiger partial charge in [0.1, 0.15) is 0 Å². The summed E-state index contributed by atoms with van der Waals surface area (Å²) in [4.78, 5) is 0. The molecule has 0 heterocycles. The van der Waals surface area contributed by atoms with Gasteiger partial charge in [-0.2, -0.15) is 8.42 Å². The Hall–Kier alpha value is -1.27. The van der Waals surface area contributed by atoms with E-state index in [9.17, 15) is 8.42 Å². The van der Waals surface area contributed by atoms with Crippen LogP contribution in [-0.4, -0.2) is 35.5 Å². The second kappa shape index (κ2) is 8.77. The summed E-state index contributed by atoms with van der Waals surface area (Å²) in [6, 6.07) is 5.41. The van der Waals surface area contributed by atoms with Crippen molar-refractivity contribution in [3.63, 3.8) is 0 Å². The molecule has 0 aliphatic carbocycles. The van der Waals surface area contributed by atoms with E-state index in [-0.39, 0.29) is 6.61 Å². The molecule has 0 aliphatic heterocycles. The van der Waals surface area contributed by atoms with Gasteiger partial charge in [-0.15, -0.1) is 0 Å². The number of methoxy groups -OCH3 is 2. The normalized spacial score (nSPS) is 10.4. The van der Waals surface area contributed by atoms with Gasteiger partial charge in [-0.1, -0.05) is 19.9 Å². The highest BCUT2D eigenvalue weighted by Gasteiger charge is 2.06. The van der Waals surface area contributed by atoms with Crippen molar-refractivity contribution in [3.05, 3.63) is 23.8 Å². The number of benzene rings is 1. The molecule has 0 saturated heterocycles. The van der Waals surface area contributed by atoms with E-state index in [0.717, 1.165) is 11.8 Å². The van der Waals surface area contributed by atoms with Gasteiger partial charge in [-0.3, -0.25) is 4.18 Å². The zero-order valence-corrected chi connectivity index (χ0v) is 12.9. The van der Waals surface area contributed by atoms with Gasteiger partial charge >= 0.3 is 0 Å². The second-order valence-corrected chi connectivity index (χ2v) is 5.11. The summed E-state index contributed by atoms with van der Waals surface area (Å²) in [7, 11) is -0.269. The first-order valence-electron chi connectivity index (χ1n) is 6.01. The first kappa shape index (κ1) is 17.7. The summed E-state index contributed by atoms with van der Waals surface area (Å²) >= 11 is 0. The van der Waals surface area contributed by atoms with Crippen LogP contribution in [0.3, 0.4) is 0 Å². The van der Waals surface area contributed by atoms with Crippen LogP contribution in [-0.2, 0) is 20.7 Å². The largest absolute Gasteiger partial charge is 0.493 e. The fourth-order valence-electron chi connectivity index (χ4n) is 1.35. The van der Waals surface area contributed by atoms with E-state index >= 15 is 0 Å². The third-order valence-electron chi connectivity index (χ3n) is 2.14. The zero-order chi connectivity index (χ0) is 14.9. The number of rotatable bonds is 6. The lowest BCUT2D eigenvalue weighted by Gasteiger charge is -2.09. The Morgan fingerprint density at radius 2 is 1.63 bits per heavy atom. The molecule has 5 nitrogen and oxygen atoms in total. The Morgan fingerprint density at radius 3 is 2.11 bits per heavy atom. The molecule has 0 atom stereocenters. The minimum Gasteiger partial charge on any atom is -0.493 e. The highest BCUT2D eigenvalue weighted by molar-refractivity contribution is 7.85. The van der Waals surface area contributed by atoms with Crippen LogP contribution in [0.2, 0.25) is 0 Å². The Kier molecular flexibility index (Phi) is 8.18. The van der Waals surface area contributed by atoms with E-state index in [1.165, 1.54) is 0 Å². The molecule has 0 spiro atoms. The van der Waals surface area contributed by atoms with Crippen molar-refractivity contribution in [1.29, 1.82) is 0 Å². The van der Waals surface area contributed by atoms with E-state index in [0.29, 0.717) is 17.9 Å². The van der Waals surface area contributed by atoms with Crippen LogP contribution in [0.5, 0.6) is 11.5 Å². The molecule has 110 valence electrons. The van der Waals surface area contributed by atoms with E-state index in [1.807, 2.05) is 19.9 Å². The topological polar surface area (TPSA) is 61.8 Å². The first-order valence-corrected chi connectivity index (χ1v) is 7.83. The summed E-state index contributed by atoms with van der Waals surface area (Å²) in [6.45, 7) is 4.12. The summed E-state index contributed by atoms with van der Waals surface area (Å²) in [6.07, 6.45) is 1.52. The molecule has 1 rings (SSSR count).